The topological polar surface area (TPSA) is 43.9 Å². The third-order valence-electron chi connectivity index (χ3n) is 2.56. The van der Waals surface area contributed by atoms with E-state index < -0.39 is 0 Å². The van der Waals surface area contributed by atoms with Gasteiger partial charge in [-0.05, 0) is 6.07 Å². The predicted molar refractivity (Wildman–Crippen MR) is 61.4 cm³/mol. The lowest BCUT2D eigenvalue weighted by Gasteiger charge is -2.02. The molecule has 1 atom stereocenters. The minimum absolute atomic E-state index is 0.197. The normalized spacial score (nSPS) is 18.8. The summed E-state index contributed by atoms with van der Waals surface area (Å²) in [5, 5.41) is 0.671. The Hall–Kier alpha value is -1.33. The first-order valence-electron chi connectivity index (χ1n) is 4.96. The monoisotopic (exact) mass is 237 g/mol. The summed E-state index contributed by atoms with van der Waals surface area (Å²) in [6, 6.07) is 3.93. The third-order valence-corrected chi connectivity index (χ3v) is 3.64. The minimum atomic E-state index is 0.197. The molecular weight excluding hydrogens is 226 g/mol. The smallest absolute Gasteiger partial charge is 0.274 e. The highest BCUT2D eigenvalue weighted by Gasteiger charge is 2.28. The van der Waals surface area contributed by atoms with Crippen molar-refractivity contribution >= 4 is 21.6 Å². The molecule has 0 aliphatic carbocycles. The van der Waals surface area contributed by atoms with Gasteiger partial charge in [-0.1, -0.05) is 11.3 Å². The van der Waals surface area contributed by atoms with Crippen LogP contribution >= 0.6 is 11.3 Å². The molecule has 3 rings (SSSR count). The fourth-order valence-electron chi connectivity index (χ4n) is 1.68. The van der Waals surface area contributed by atoms with Crippen LogP contribution in [-0.4, -0.2) is 25.8 Å². The number of epoxide rings is 1. The number of nitrogens with zero attached hydrogens (tertiary/aromatic N) is 1. The summed E-state index contributed by atoms with van der Waals surface area (Å²) in [7, 11) is 3.28. The van der Waals surface area contributed by atoms with Gasteiger partial charge in [0.1, 0.15) is 11.9 Å². The van der Waals surface area contributed by atoms with Gasteiger partial charge in [-0.3, -0.25) is 0 Å². The lowest BCUT2D eigenvalue weighted by molar-refractivity contribution is 0.406. The van der Waals surface area contributed by atoms with E-state index >= 15 is 0 Å². The zero-order valence-electron chi connectivity index (χ0n) is 9.02. The van der Waals surface area contributed by atoms with Crippen LogP contribution < -0.4 is 9.47 Å². The fraction of sp³-hybridized carbons (Fsp3) is 0.364. The van der Waals surface area contributed by atoms with Gasteiger partial charge in [-0.2, -0.15) is 0 Å². The number of hydrogen-bond donors (Lipinski definition) is 0. The zero-order valence-corrected chi connectivity index (χ0v) is 9.84. The molecule has 0 radical (unpaired) electrons. The Kier molecular flexibility index (Phi) is 2.22. The Balaban J connectivity index is 2.22. The molecule has 1 unspecified atom stereocenters. The molecule has 1 saturated heterocycles. The van der Waals surface area contributed by atoms with E-state index in [2.05, 4.69) is 4.98 Å². The van der Waals surface area contributed by atoms with Crippen molar-refractivity contribution < 1.29 is 14.2 Å². The second-order valence-electron chi connectivity index (χ2n) is 3.57. The maximum Gasteiger partial charge on any atom is 0.274 e. The molecule has 0 bridgehead atoms. The van der Waals surface area contributed by atoms with Gasteiger partial charge in [-0.15, -0.1) is 0 Å². The number of hydrogen-bond acceptors (Lipinski definition) is 5. The molecule has 2 heterocycles. The Bertz CT molecular complexity index is 533. The molecule has 1 aliphatic heterocycles. The number of fused-ring (bicyclic) bond motifs is 1. The predicted octanol–water partition coefficient (Wildman–Crippen LogP) is 2.38. The molecule has 84 valence electrons. The van der Waals surface area contributed by atoms with E-state index in [0.29, 0.717) is 5.19 Å². The van der Waals surface area contributed by atoms with Crippen LogP contribution in [0.15, 0.2) is 12.1 Å². The first-order valence-corrected chi connectivity index (χ1v) is 5.77. The number of benzene rings is 1. The maximum atomic E-state index is 5.33. The van der Waals surface area contributed by atoms with Crippen LogP contribution in [0.1, 0.15) is 11.7 Å². The summed E-state index contributed by atoms with van der Waals surface area (Å²) in [6.07, 6.45) is 0.197. The average Bonchev–Trinajstić information content (AvgIpc) is 3.06. The van der Waals surface area contributed by atoms with Gasteiger partial charge in [0.15, 0.2) is 0 Å². The van der Waals surface area contributed by atoms with Crippen molar-refractivity contribution in [3.8, 4) is 10.9 Å². The van der Waals surface area contributed by atoms with Gasteiger partial charge in [0.2, 0.25) is 0 Å². The highest BCUT2D eigenvalue weighted by atomic mass is 32.1. The number of aromatic nitrogens is 1. The van der Waals surface area contributed by atoms with Crippen molar-refractivity contribution in [2.45, 2.75) is 6.10 Å². The van der Waals surface area contributed by atoms with Gasteiger partial charge < -0.3 is 14.2 Å². The van der Waals surface area contributed by atoms with E-state index in [-0.39, 0.29) is 6.10 Å². The van der Waals surface area contributed by atoms with E-state index in [1.807, 2.05) is 12.1 Å². The average molecular weight is 237 g/mol. The van der Waals surface area contributed by atoms with Gasteiger partial charge in [0, 0.05) is 11.6 Å². The summed E-state index contributed by atoms with van der Waals surface area (Å²) in [5.41, 5.74) is 2.06. The SMILES string of the molecule is COc1cc(C2CO2)c2sc(OC)nc2c1. The third kappa shape index (κ3) is 1.52. The molecule has 2 aromatic rings. The van der Waals surface area contributed by atoms with Crippen LogP contribution in [0, 0.1) is 0 Å². The highest BCUT2D eigenvalue weighted by Crippen LogP contribution is 2.41. The van der Waals surface area contributed by atoms with Crippen LogP contribution in [0.3, 0.4) is 0 Å². The standard InChI is InChI=1S/C11H11NO3S/c1-13-6-3-7(9-5-15-9)10-8(4-6)12-11(14-2)16-10/h3-4,9H,5H2,1-2H3. The molecule has 1 aliphatic rings. The van der Waals surface area contributed by atoms with Crippen LogP contribution in [0.25, 0.3) is 10.2 Å². The second kappa shape index (κ2) is 3.61. The molecule has 1 fully saturated rings. The van der Waals surface area contributed by atoms with Gasteiger partial charge >= 0.3 is 0 Å². The lowest BCUT2D eigenvalue weighted by Crippen LogP contribution is -1.87. The second-order valence-corrected chi connectivity index (χ2v) is 4.53. The molecule has 0 N–H and O–H groups in total. The molecule has 1 aromatic carbocycles. The minimum Gasteiger partial charge on any atom is -0.497 e. The maximum absolute atomic E-state index is 5.33. The lowest BCUT2D eigenvalue weighted by atomic mass is 10.1. The molecular formula is C11H11NO3S. The molecule has 5 heteroatoms. The largest absolute Gasteiger partial charge is 0.497 e. The van der Waals surface area contributed by atoms with Gasteiger partial charge in [0.25, 0.3) is 5.19 Å². The Morgan fingerprint density at radius 1 is 1.38 bits per heavy atom. The van der Waals surface area contributed by atoms with Gasteiger partial charge in [-0.25, -0.2) is 4.98 Å². The number of rotatable bonds is 3. The van der Waals surface area contributed by atoms with E-state index in [1.165, 1.54) is 0 Å². The Morgan fingerprint density at radius 3 is 2.81 bits per heavy atom. The highest BCUT2D eigenvalue weighted by molar-refractivity contribution is 7.20. The molecule has 16 heavy (non-hydrogen) atoms. The Morgan fingerprint density at radius 2 is 2.19 bits per heavy atom. The molecule has 0 saturated carbocycles. The molecule has 0 amide bonds. The van der Waals surface area contributed by atoms with Crippen molar-refractivity contribution in [2.24, 2.45) is 0 Å². The summed E-state index contributed by atoms with van der Waals surface area (Å²) in [5.74, 6) is 0.811. The summed E-state index contributed by atoms with van der Waals surface area (Å²) in [4.78, 5) is 4.37. The first kappa shape index (κ1) is 9.86. The number of thiazole rings is 1. The van der Waals surface area contributed by atoms with E-state index in [4.69, 9.17) is 14.2 Å². The van der Waals surface area contributed by atoms with Crippen LogP contribution in [0.4, 0.5) is 0 Å². The first-order chi connectivity index (χ1) is 7.81. The van der Waals surface area contributed by atoms with E-state index in [1.54, 1.807) is 25.6 Å². The van der Waals surface area contributed by atoms with E-state index in [0.717, 1.165) is 28.1 Å². The van der Waals surface area contributed by atoms with Crippen LogP contribution in [0.2, 0.25) is 0 Å². The fourth-order valence-corrected chi connectivity index (χ4v) is 2.60. The van der Waals surface area contributed by atoms with Crippen molar-refractivity contribution in [1.82, 2.24) is 4.98 Å². The zero-order chi connectivity index (χ0) is 11.1. The molecule has 0 spiro atoms. The molecule has 4 nitrogen and oxygen atoms in total. The quantitative estimate of drug-likeness (QED) is 0.769. The summed E-state index contributed by atoms with van der Waals surface area (Å²) < 4.78 is 16.9. The number of methoxy groups -OCH3 is 2. The van der Waals surface area contributed by atoms with E-state index in [9.17, 15) is 0 Å². The van der Waals surface area contributed by atoms with Crippen molar-refractivity contribution in [3.05, 3.63) is 17.7 Å². The van der Waals surface area contributed by atoms with Crippen molar-refractivity contribution in [2.75, 3.05) is 20.8 Å². The van der Waals surface area contributed by atoms with Gasteiger partial charge in [0.05, 0.1) is 31.0 Å². The van der Waals surface area contributed by atoms with Crippen LogP contribution in [-0.2, 0) is 4.74 Å². The summed E-state index contributed by atoms with van der Waals surface area (Å²) >= 11 is 1.54. The summed E-state index contributed by atoms with van der Waals surface area (Å²) in [6.45, 7) is 0.780. The van der Waals surface area contributed by atoms with Crippen LogP contribution in [0.5, 0.6) is 10.9 Å². The molecule has 1 aromatic heterocycles. The van der Waals surface area contributed by atoms with Crippen molar-refractivity contribution in [1.29, 1.82) is 0 Å². The Labute approximate surface area is 96.8 Å². The van der Waals surface area contributed by atoms with Crippen molar-refractivity contribution in [3.63, 3.8) is 0 Å². The number of ether oxygens (including phenoxy) is 3.